The Morgan fingerprint density at radius 3 is 2.79 bits per heavy atom. The molecule has 0 spiro atoms. The van der Waals surface area contributed by atoms with Crippen LogP contribution in [0.15, 0.2) is 44.7 Å². The zero-order chi connectivity index (χ0) is 23.9. The molecule has 9 heteroatoms. The van der Waals surface area contributed by atoms with Crippen molar-refractivity contribution < 1.29 is 13.2 Å². The summed E-state index contributed by atoms with van der Waals surface area (Å²) >= 11 is 1.21. The summed E-state index contributed by atoms with van der Waals surface area (Å²) in [6, 6.07) is 9.14. The lowest BCUT2D eigenvalue weighted by Gasteiger charge is -2.40. The number of likely N-dealkylation sites (tertiary alicyclic amines) is 1. The van der Waals surface area contributed by atoms with E-state index < -0.39 is 12.6 Å². The van der Waals surface area contributed by atoms with Crippen molar-refractivity contribution >= 4 is 30.0 Å². The number of piperidine rings is 1. The minimum absolute atomic E-state index is 0.181. The Morgan fingerprint density at radius 2 is 2.06 bits per heavy atom. The number of halogens is 3. The molecule has 3 heterocycles. The molecule has 1 fully saturated rings. The van der Waals surface area contributed by atoms with Gasteiger partial charge in [0.25, 0.3) is 0 Å². The van der Waals surface area contributed by atoms with Crippen LogP contribution in [0, 0.1) is 17.2 Å². The Labute approximate surface area is 201 Å². The summed E-state index contributed by atoms with van der Waals surface area (Å²) in [6.07, 6.45) is 2.78. The molecule has 2 unspecified atom stereocenters. The summed E-state index contributed by atoms with van der Waals surface area (Å²) in [5, 5.41) is 8.92. The van der Waals surface area contributed by atoms with E-state index in [0.29, 0.717) is 10.9 Å². The van der Waals surface area contributed by atoms with Gasteiger partial charge in [0.1, 0.15) is 17.5 Å². The molecule has 0 N–H and O–H groups in total. The number of allylic oxidation sites excluding steroid dienone is 2. The predicted molar refractivity (Wildman–Crippen MR) is 129 cm³/mol. The van der Waals surface area contributed by atoms with Crippen LogP contribution in [0.2, 0.25) is 0 Å². The number of nitriles is 1. The molecule has 0 amide bonds. The van der Waals surface area contributed by atoms with E-state index in [-0.39, 0.29) is 11.3 Å². The van der Waals surface area contributed by atoms with Crippen LogP contribution in [0.1, 0.15) is 36.0 Å². The Balaban J connectivity index is 1.18. The minimum Gasteiger partial charge on any atom is -0.359 e. The van der Waals surface area contributed by atoms with Gasteiger partial charge in [0.15, 0.2) is 0 Å². The van der Waals surface area contributed by atoms with Crippen molar-refractivity contribution in [2.24, 2.45) is 15.9 Å². The van der Waals surface area contributed by atoms with Gasteiger partial charge in [0.05, 0.1) is 18.4 Å². The van der Waals surface area contributed by atoms with Crippen LogP contribution in [0.5, 0.6) is 0 Å². The maximum absolute atomic E-state index is 12.9. The third-order valence-electron chi connectivity index (χ3n) is 6.93. The van der Waals surface area contributed by atoms with E-state index in [0.717, 1.165) is 55.9 Å². The molecular formula is C25H26F3N5S. The predicted octanol–water partition coefficient (Wildman–Crippen LogP) is 5.01. The zero-order valence-electron chi connectivity index (χ0n) is 18.9. The highest BCUT2D eigenvalue weighted by atomic mass is 32.2. The molecule has 4 aliphatic rings. The first-order valence-electron chi connectivity index (χ1n) is 11.5. The summed E-state index contributed by atoms with van der Waals surface area (Å²) in [4.78, 5) is 13.7. The third kappa shape index (κ3) is 4.93. The quantitative estimate of drug-likeness (QED) is 0.602. The van der Waals surface area contributed by atoms with Gasteiger partial charge in [-0.1, -0.05) is 24.3 Å². The molecule has 1 aliphatic carbocycles. The summed E-state index contributed by atoms with van der Waals surface area (Å²) in [5.74, 6) is 0.670. The SMILES string of the molecule is CN(Cc1ccc2c(c1)C=C(C#N)C2)C1CCN(C2=NC=NC3SC(CC(F)(F)F)=CC23)CC1. The molecule has 0 aromatic heterocycles. The fourth-order valence-electron chi connectivity index (χ4n) is 5.22. The van der Waals surface area contributed by atoms with Crippen LogP contribution in [0.4, 0.5) is 13.2 Å². The Kier molecular flexibility index (Phi) is 6.30. The zero-order valence-corrected chi connectivity index (χ0v) is 19.7. The first-order valence-corrected chi connectivity index (χ1v) is 12.4. The smallest absolute Gasteiger partial charge is 0.359 e. The van der Waals surface area contributed by atoms with E-state index in [1.165, 1.54) is 29.2 Å². The number of amidine groups is 1. The fraction of sp³-hybridized carbons (Fsp3) is 0.480. The van der Waals surface area contributed by atoms with Gasteiger partial charge in [0.2, 0.25) is 0 Å². The minimum atomic E-state index is -4.20. The van der Waals surface area contributed by atoms with Crippen LogP contribution < -0.4 is 0 Å². The van der Waals surface area contributed by atoms with Crippen molar-refractivity contribution in [2.75, 3.05) is 20.1 Å². The highest BCUT2D eigenvalue weighted by Crippen LogP contribution is 2.44. The van der Waals surface area contributed by atoms with E-state index in [1.54, 1.807) is 6.08 Å². The molecule has 1 saturated heterocycles. The number of hydrogen-bond acceptors (Lipinski definition) is 6. The van der Waals surface area contributed by atoms with E-state index >= 15 is 0 Å². The topological polar surface area (TPSA) is 55.0 Å². The van der Waals surface area contributed by atoms with E-state index in [4.69, 9.17) is 5.26 Å². The van der Waals surface area contributed by atoms with Gasteiger partial charge in [-0.05, 0) is 47.6 Å². The Hall–Kier alpha value is -2.57. The highest BCUT2D eigenvalue weighted by molar-refractivity contribution is 8.04. The van der Waals surface area contributed by atoms with Gasteiger partial charge in [-0.3, -0.25) is 9.89 Å². The average Bonchev–Trinajstić information content (AvgIpc) is 3.40. The second kappa shape index (κ2) is 9.23. The van der Waals surface area contributed by atoms with E-state index in [1.807, 2.05) is 6.08 Å². The maximum atomic E-state index is 12.9. The molecule has 34 heavy (non-hydrogen) atoms. The lowest BCUT2D eigenvalue weighted by atomic mass is 9.98. The summed E-state index contributed by atoms with van der Waals surface area (Å²) in [7, 11) is 2.14. The molecule has 3 aliphatic heterocycles. The molecule has 0 bridgehead atoms. The molecule has 0 radical (unpaired) electrons. The molecule has 2 atom stereocenters. The lowest BCUT2D eigenvalue weighted by molar-refractivity contribution is -0.125. The monoisotopic (exact) mass is 485 g/mol. The van der Waals surface area contributed by atoms with Crippen LogP contribution in [-0.2, 0) is 13.0 Å². The summed E-state index contributed by atoms with van der Waals surface area (Å²) < 4.78 is 38.6. The number of alkyl halides is 3. The van der Waals surface area contributed by atoms with E-state index in [2.05, 4.69) is 51.1 Å². The molecule has 1 aromatic rings. The van der Waals surface area contributed by atoms with Gasteiger partial charge in [0, 0.05) is 37.7 Å². The highest BCUT2D eigenvalue weighted by Gasteiger charge is 2.40. The fourth-order valence-corrected chi connectivity index (χ4v) is 6.46. The van der Waals surface area contributed by atoms with Crippen LogP contribution in [-0.4, -0.2) is 59.7 Å². The first kappa shape index (κ1) is 23.2. The lowest BCUT2D eigenvalue weighted by Crippen LogP contribution is -2.48. The molecule has 5 rings (SSSR count). The summed E-state index contributed by atoms with van der Waals surface area (Å²) in [6.45, 7) is 2.50. The van der Waals surface area contributed by atoms with Crippen LogP contribution in [0.3, 0.4) is 0 Å². The van der Waals surface area contributed by atoms with Crippen molar-refractivity contribution in [1.82, 2.24) is 9.80 Å². The number of hydrogen-bond donors (Lipinski definition) is 0. The average molecular weight is 486 g/mol. The number of thioether (sulfide) groups is 1. The second-order valence-electron chi connectivity index (χ2n) is 9.34. The largest absolute Gasteiger partial charge is 0.393 e. The Bertz CT molecular complexity index is 1120. The molecule has 0 saturated carbocycles. The van der Waals surface area contributed by atoms with Gasteiger partial charge >= 0.3 is 6.18 Å². The van der Waals surface area contributed by atoms with Crippen molar-refractivity contribution in [1.29, 1.82) is 5.26 Å². The second-order valence-corrected chi connectivity index (χ2v) is 10.6. The molecular weight excluding hydrogens is 459 g/mol. The number of aliphatic imine (C=N–C) groups is 2. The van der Waals surface area contributed by atoms with Gasteiger partial charge in [-0.2, -0.15) is 18.4 Å². The van der Waals surface area contributed by atoms with Crippen molar-refractivity contribution in [3.8, 4) is 6.07 Å². The van der Waals surface area contributed by atoms with Crippen molar-refractivity contribution in [3.05, 3.63) is 51.4 Å². The van der Waals surface area contributed by atoms with Crippen molar-refractivity contribution in [3.63, 3.8) is 0 Å². The third-order valence-corrected chi connectivity index (χ3v) is 8.17. The maximum Gasteiger partial charge on any atom is 0.393 e. The number of benzene rings is 1. The Morgan fingerprint density at radius 1 is 1.26 bits per heavy atom. The first-order chi connectivity index (χ1) is 16.3. The van der Waals surface area contributed by atoms with Gasteiger partial charge < -0.3 is 4.90 Å². The summed E-state index contributed by atoms with van der Waals surface area (Å²) in [5.41, 5.74) is 4.41. The van der Waals surface area contributed by atoms with Crippen LogP contribution in [0.25, 0.3) is 6.08 Å². The molecule has 1 aromatic carbocycles. The molecule has 5 nitrogen and oxygen atoms in total. The normalized spacial score (nSPS) is 24.5. The van der Waals surface area contributed by atoms with Crippen LogP contribution >= 0.6 is 11.8 Å². The van der Waals surface area contributed by atoms with Gasteiger partial charge in [-0.15, -0.1) is 11.8 Å². The standard InChI is InChI=1S/C25H26F3N5S/c1-32(14-16-2-3-18-9-17(13-29)10-19(18)8-16)20-4-6-33(7-5-20)23-22-11-21(12-25(26,27)28)34-24(22)31-15-30-23/h2-3,8,10-11,15,20,22,24H,4-7,9,12,14H2,1H3. The van der Waals surface area contributed by atoms with Crippen molar-refractivity contribution in [2.45, 2.75) is 49.8 Å². The number of fused-ring (bicyclic) bond motifs is 2. The van der Waals surface area contributed by atoms with Gasteiger partial charge in [-0.25, -0.2) is 4.99 Å². The number of nitrogens with zero attached hydrogens (tertiary/aromatic N) is 5. The number of rotatable bonds is 4. The van der Waals surface area contributed by atoms with E-state index in [9.17, 15) is 13.2 Å². The molecule has 178 valence electrons.